The summed E-state index contributed by atoms with van der Waals surface area (Å²) in [5.41, 5.74) is 7.51. The van der Waals surface area contributed by atoms with Gasteiger partial charge < -0.3 is 21.3 Å². The largest absolute Gasteiger partial charge is 0.391 e. The Morgan fingerprint density at radius 1 is 1.11 bits per heavy atom. The summed E-state index contributed by atoms with van der Waals surface area (Å²) in [5, 5.41) is 28.6. The molecule has 2 aliphatic rings. The van der Waals surface area contributed by atoms with Gasteiger partial charge in [0.25, 0.3) is 0 Å². The summed E-state index contributed by atoms with van der Waals surface area (Å²) in [7, 11) is 0. The van der Waals surface area contributed by atoms with E-state index in [1.807, 2.05) is 13.0 Å². The van der Waals surface area contributed by atoms with E-state index in [2.05, 4.69) is 20.4 Å². The Hall–Kier alpha value is -3.47. The quantitative estimate of drug-likeness (QED) is 0.308. The van der Waals surface area contributed by atoms with Crippen LogP contribution in [0.4, 0.5) is 20.4 Å². The SMILES string of the molecule is C[C@H]1C[C@@H](c2ccncc2Nc2ncc3ccc(-c4c(F)cc(C5(O)CCC5)cc4F)nn23)C[C@@H](N)[C@H]1O. The number of hydrogen-bond acceptors (Lipinski definition) is 7. The molecular weight excluding hydrogens is 490 g/mol. The highest BCUT2D eigenvalue weighted by molar-refractivity contribution is 5.66. The first-order valence-corrected chi connectivity index (χ1v) is 12.9. The Labute approximate surface area is 218 Å². The van der Waals surface area contributed by atoms with Crippen LogP contribution in [0.3, 0.4) is 0 Å². The minimum absolute atomic E-state index is 0.0578. The second kappa shape index (κ2) is 9.37. The Morgan fingerprint density at radius 3 is 2.55 bits per heavy atom. The molecule has 1 aromatic carbocycles. The van der Waals surface area contributed by atoms with Crippen molar-refractivity contribution in [1.29, 1.82) is 0 Å². The maximum absolute atomic E-state index is 15.1. The fourth-order valence-electron chi connectivity index (χ4n) is 5.80. The second-order valence-electron chi connectivity index (χ2n) is 10.7. The maximum Gasteiger partial charge on any atom is 0.229 e. The van der Waals surface area contributed by atoms with E-state index in [1.165, 1.54) is 16.6 Å². The topological polar surface area (TPSA) is 122 Å². The summed E-state index contributed by atoms with van der Waals surface area (Å²) in [6, 6.07) is 7.26. The molecular formula is C28H30F2N6O2. The van der Waals surface area contributed by atoms with Gasteiger partial charge in [-0.05, 0) is 85.4 Å². The van der Waals surface area contributed by atoms with Crippen LogP contribution in [-0.4, -0.2) is 41.9 Å². The summed E-state index contributed by atoms with van der Waals surface area (Å²) in [6.45, 7) is 2.00. The van der Waals surface area contributed by atoms with Gasteiger partial charge in [-0.1, -0.05) is 6.92 Å². The van der Waals surface area contributed by atoms with Crippen LogP contribution in [0.5, 0.6) is 0 Å². The van der Waals surface area contributed by atoms with E-state index in [0.717, 1.165) is 24.1 Å². The lowest BCUT2D eigenvalue weighted by atomic mass is 9.74. The summed E-state index contributed by atoms with van der Waals surface area (Å²) >= 11 is 0. The third-order valence-electron chi connectivity index (χ3n) is 8.18. The molecule has 3 heterocycles. The van der Waals surface area contributed by atoms with Gasteiger partial charge in [-0.15, -0.1) is 0 Å². The zero-order valence-electron chi connectivity index (χ0n) is 21.0. The average Bonchev–Trinajstić information content (AvgIpc) is 3.27. The van der Waals surface area contributed by atoms with Crippen LogP contribution in [0.2, 0.25) is 0 Å². The lowest BCUT2D eigenvalue weighted by Crippen LogP contribution is -2.44. The van der Waals surface area contributed by atoms with Gasteiger partial charge in [-0.25, -0.2) is 13.8 Å². The number of aliphatic hydroxyl groups is 2. The number of imidazole rings is 1. The minimum atomic E-state index is -1.17. The van der Waals surface area contributed by atoms with Gasteiger partial charge in [0.15, 0.2) is 0 Å². The predicted octanol–water partition coefficient (Wildman–Crippen LogP) is 4.39. The predicted molar refractivity (Wildman–Crippen MR) is 139 cm³/mol. The Bertz CT molecular complexity index is 1470. The van der Waals surface area contributed by atoms with Crippen molar-refractivity contribution in [2.24, 2.45) is 11.7 Å². The molecule has 2 fully saturated rings. The number of benzene rings is 1. The van der Waals surface area contributed by atoms with Crippen LogP contribution in [0.1, 0.15) is 56.1 Å². The van der Waals surface area contributed by atoms with Gasteiger partial charge in [-0.3, -0.25) is 4.98 Å². The van der Waals surface area contributed by atoms with E-state index in [-0.39, 0.29) is 34.7 Å². The number of aromatic nitrogens is 4. The Balaban J connectivity index is 1.34. The second-order valence-corrected chi connectivity index (χ2v) is 10.7. The van der Waals surface area contributed by atoms with E-state index in [1.54, 1.807) is 30.7 Å². The van der Waals surface area contributed by atoms with Crippen molar-refractivity contribution in [2.75, 3.05) is 5.32 Å². The Morgan fingerprint density at radius 2 is 1.87 bits per heavy atom. The van der Waals surface area contributed by atoms with E-state index in [4.69, 9.17) is 5.73 Å². The molecule has 38 heavy (non-hydrogen) atoms. The fourth-order valence-corrected chi connectivity index (χ4v) is 5.80. The van der Waals surface area contributed by atoms with E-state index < -0.39 is 23.3 Å². The van der Waals surface area contributed by atoms with Gasteiger partial charge >= 0.3 is 0 Å². The van der Waals surface area contributed by atoms with Crippen LogP contribution in [-0.2, 0) is 5.60 Å². The standard InChI is InChI=1S/C28H30F2N6O2/c1-15-9-16(10-22(31)26(15)37)19-5-8-32-14-24(19)34-27-33-13-18-3-4-23(35-36(18)27)25-20(29)11-17(12-21(25)30)28(38)6-2-7-28/h3-5,8,11-16,22,26,37-38H,2,6-7,9-10,31H2,1H3,(H,33,34)/t15-,16+,22+,26-/m0/s1. The summed E-state index contributed by atoms with van der Waals surface area (Å²) < 4.78 is 31.8. The molecule has 10 heteroatoms. The van der Waals surface area contributed by atoms with Crippen molar-refractivity contribution in [3.8, 4) is 11.3 Å². The van der Waals surface area contributed by atoms with Crippen molar-refractivity contribution in [3.05, 3.63) is 71.7 Å². The van der Waals surface area contributed by atoms with E-state index in [0.29, 0.717) is 30.7 Å². The number of nitrogens with one attached hydrogen (secondary N) is 1. The van der Waals surface area contributed by atoms with Gasteiger partial charge in [-0.2, -0.15) is 9.61 Å². The molecule has 4 atom stereocenters. The van der Waals surface area contributed by atoms with Gasteiger partial charge in [0, 0.05) is 12.2 Å². The number of nitrogens with two attached hydrogens (primary N) is 1. The molecule has 0 amide bonds. The number of anilines is 2. The molecule has 3 aromatic heterocycles. The van der Waals surface area contributed by atoms with Crippen LogP contribution >= 0.6 is 0 Å². The molecule has 0 unspecified atom stereocenters. The molecule has 198 valence electrons. The monoisotopic (exact) mass is 520 g/mol. The average molecular weight is 521 g/mol. The zero-order valence-corrected chi connectivity index (χ0v) is 21.0. The first-order chi connectivity index (χ1) is 18.2. The minimum Gasteiger partial charge on any atom is -0.391 e. The van der Waals surface area contributed by atoms with Crippen molar-refractivity contribution < 1.29 is 19.0 Å². The van der Waals surface area contributed by atoms with Crippen molar-refractivity contribution in [1.82, 2.24) is 19.6 Å². The number of nitrogens with zero attached hydrogens (tertiary/aromatic N) is 4. The number of halogens is 2. The highest BCUT2D eigenvalue weighted by Crippen LogP contribution is 2.43. The molecule has 0 spiro atoms. The summed E-state index contributed by atoms with van der Waals surface area (Å²) in [6.07, 6.45) is 7.72. The lowest BCUT2D eigenvalue weighted by Gasteiger charge is -2.37. The number of pyridine rings is 1. The number of aliphatic hydroxyl groups excluding tert-OH is 1. The third-order valence-corrected chi connectivity index (χ3v) is 8.18. The molecule has 4 aromatic rings. The molecule has 0 radical (unpaired) electrons. The van der Waals surface area contributed by atoms with Gasteiger partial charge in [0.05, 0.1) is 46.6 Å². The molecule has 0 aliphatic heterocycles. The fraction of sp³-hybridized carbons (Fsp3) is 0.393. The maximum atomic E-state index is 15.1. The third kappa shape index (κ3) is 4.22. The highest BCUT2D eigenvalue weighted by Gasteiger charge is 2.37. The number of hydrogen-bond donors (Lipinski definition) is 4. The molecule has 2 aliphatic carbocycles. The smallest absolute Gasteiger partial charge is 0.229 e. The molecule has 0 saturated heterocycles. The van der Waals surface area contributed by atoms with E-state index in [9.17, 15) is 10.2 Å². The van der Waals surface area contributed by atoms with Crippen LogP contribution in [0.25, 0.3) is 16.8 Å². The summed E-state index contributed by atoms with van der Waals surface area (Å²) in [4.78, 5) is 8.70. The lowest BCUT2D eigenvalue weighted by molar-refractivity contribution is -0.0392. The Kier molecular flexibility index (Phi) is 6.13. The molecule has 5 N–H and O–H groups in total. The first-order valence-electron chi connectivity index (χ1n) is 12.9. The van der Waals surface area contributed by atoms with Gasteiger partial charge in [0.2, 0.25) is 5.95 Å². The van der Waals surface area contributed by atoms with Crippen LogP contribution < -0.4 is 11.1 Å². The molecule has 8 nitrogen and oxygen atoms in total. The van der Waals surface area contributed by atoms with Crippen molar-refractivity contribution >= 4 is 17.2 Å². The molecule has 0 bridgehead atoms. The highest BCUT2D eigenvalue weighted by atomic mass is 19.1. The molecule has 2 saturated carbocycles. The number of rotatable bonds is 5. The van der Waals surface area contributed by atoms with Crippen molar-refractivity contribution in [3.63, 3.8) is 0 Å². The normalized spacial score (nSPS) is 24.8. The van der Waals surface area contributed by atoms with E-state index >= 15 is 8.78 Å². The summed E-state index contributed by atoms with van der Waals surface area (Å²) in [5.74, 6) is -1.01. The zero-order chi connectivity index (χ0) is 26.6. The van der Waals surface area contributed by atoms with Crippen molar-refractivity contribution in [2.45, 2.75) is 62.7 Å². The first kappa shape index (κ1) is 24.8. The number of fused-ring (bicyclic) bond motifs is 1. The van der Waals surface area contributed by atoms with Gasteiger partial charge in [0.1, 0.15) is 11.6 Å². The van der Waals surface area contributed by atoms with Crippen LogP contribution in [0.15, 0.2) is 48.9 Å². The van der Waals surface area contributed by atoms with Crippen LogP contribution in [0, 0.1) is 17.6 Å². The molecule has 6 rings (SSSR count).